The van der Waals surface area contributed by atoms with Crippen molar-refractivity contribution in [2.24, 2.45) is 0 Å². The van der Waals surface area contributed by atoms with Crippen molar-refractivity contribution in [2.45, 2.75) is 19.3 Å². The Kier molecular flexibility index (Phi) is 4.01. The molecule has 1 aliphatic rings. The fraction of sp³-hybridized carbons (Fsp3) is 0.211. The Morgan fingerprint density at radius 2 is 2.00 bits per heavy atom. The molecule has 2 aromatic carbocycles. The third kappa shape index (κ3) is 3.15. The van der Waals surface area contributed by atoms with Crippen molar-refractivity contribution in [1.82, 2.24) is 10.1 Å². The number of aryl methyl sites for hydroxylation is 1. The molecule has 0 bridgehead atoms. The summed E-state index contributed by atoms with van der Waals surface area (Å²) in [5.41, 5.74) is 2.84. The highest BCUT2D eigenvalue weighted by Gasteiger charge is 2.34. The van der Waals surface area contributed by atoms with Crippen LogP contribution < -0.4 is 4.90 Å². The van der Waals surface area contributed by atoms with Crippen LogP contribution in [0.2, 0.25) is 5.02 Å². The summed E-state index contributed by atoms with van der Waals surface area (Å²) in [4.78, 5) is 18.6. The van der Waals surface area contributed by atoms with Crippen LogP contribution >= 0.6 is 11.6 Å². The molecule has 4 rings (SSSR count). The maximum atomic E-state index is 12.4. The summed E-state index contributed by atoms with van der Waals surface area (Å²) in [5.74, 6) is 0.987. The minimum absolute atomic E-state index is 0.0361. The number of halogens is 1. The summed E-state index contributed by atoms with van der Waals surface area (Å²) >= 11 is 6.03. The Bertz CT molecular complexity index is 920. The number of amides is 1. The van der Waals surface area contributed by atoms with E-state index in [1.165, 1.54) is 5.56 Å². The number of rotatable bonds is 3. The molecule has 25 heavy (non-hydrogen) atoms. The molecule has 0 radical (unpaired) electrons. The Morgan fingerprint density at radius 3 is 2.76 bits per heavy atom. The number of benzene rings is 2. The number of aromatic nitrogens is 2. The van der Waals surface area contributed by atoms with E-state index in [2.05, 4.69) is 10.1 Å². The molecule has 1 fully saturated rings. The van der Waals surface area contributed by atoms with Gasteiger partial charge in [0.25, 0.3) is 5.89 Å². The highest BCUT2D eigenvalue weighted by atomic mass is 35.5. The van der Waals surface area contributed by atoms with Gasteiger partial charge in [0.1, 0.15) is 0 Å². The standard InChI is InChI=1S/C19H16ClN3O2/c1-12-5-7-13(8-6-12)19-21-18(22-25-19)14-9-17(24)23(11-14)16-4-2-3-15(20)10-16/h2-8,10,14H,9,11H2,1H3. The quantitative estimate of drug-likeness (QED) is 0.707. The lowest BCUT2D eigenvalue weighted by atomic mass is 10.1. The summed E-state index contributed by atoms with van der Waals surface area (Å²) in [5, 5.41) is 4.69. The first-order chi connectivity index (χ1) is 12.1. The van der Waals surface area contributed by atoms with E-state index in [-0.39, 0.29) is 11.8 Å². The molecule has 0 saturated carbocycles. The second-order valence-corrected chi connectivity index (χ2v) is 6.65. The lowest BCUT2D eigenvalue weighted by Gasteiger charge is -2.16. The molecular formula is C19H16ClN3O2. The van der Waals surface area contributed by atoms with Gasteiger partial charge in [-0.25, -0.2) is 0 Å². The van der Waals surface area contributed by atoms with Gasteiger partial charge in [-0.3, -0.25) is 4.79 Å². The third-order valence-electron chi connectivity index (χ3n) is 4.35. The second kappa shape index (κ2) is 6.33. The first-order valence-electron chi connectivity index (χ1n) is 8.07. The van der Waals surface area contributed by atoms with E-state index >= 15 is 0 Å². The van der Waals surface area contributed by atoms with Crippen LogP contribution in [0.5, 0.6) is 0 Å². The minimum Gasteiger partial charge on any atom is -0.334 e. The molecule has 1 aliphatic heterocycles. The van der Waals surface area contributed by atoms with Crippen molar-refractivity contribution in [1.29, 1.82) is 0 Å². The SMILES string of the molecule is Cc1ccc(-c2nc(C3CC(=O)N(c4cccc(Cl)c4)C3)no2)cc1. The van der Waals surface area contributed by atoms with Crippen LogP contribution in [0.4, 0.5) is 5.69 Å². The molecule has 0 aliphatic carbocycles. The van der Waals surface area contributed by atoms with Crippen molar-refractivity contribution in [2.75, 3.05) is 11.4 Å². The molecule has 1 amide bonds. The van der Waals surface area contributed by atoms with E-state index in [0.29, 0.717) is 29.7 Å². The van der Waals surface area contributed by atoms with E-state index in [1.807, 2.05) is 43.3 Å². The van der Waals surface area contributed by atoms with Crippen molar-refractivity contribution in [3.63, 3.8) is 0 Å². The average Bonchev–Trinajstić information content (AvgIpc) is 3.22. The monoisotopic (exact) mass is 353 g/mol. The molecule has 126 valence electrons. The van der Waals surface area contributed by atoms with Crippen molar-refractivity contribution in [3.8, 4) is 11.5 Å². The fourth-order valence-corrected chi connectivity index (χ4v) is 3.17. The van der Waals surface area contributed by atoms with E-state index in [9.17, 15) is 4.79 Å². The Hall–Kier alpha value is -2.66. The van der Waals surface area contributed by atoms with Crippen molar-refractivity contribution < 1.29 is 9.32 Å². The molecule has 0 N–H and O–H groups in total. The largest absolute Gasteiger partial charge is 0.334 e. The van der Waals surface area contributed by atoms with Crippen LogP contribution in [-0.2, 0) is 4.79 Å². The molecule has 1 aromatic heterocycles. The van der Waals surface area contributed by atoms with Crippen molar-refractivity contribution >= 4 is 23.2 Å². The minimum atomic E-state index is -0.0885. The van der Waals surface area contributed by atoms with Crippen LogP contribution in [0.15, 0.2) is 53.1 Å². The van der Waals surface area contributed by atoms with Gasteiger partial charge in [-0.05, 0) is 37.3 Å². The fourth-order valence-electron chi connectivity index (χ4n) is 2.99. The van der Waals surface area contributed by atoms with Crippen LogP contribution in [0, 0.1) is 6.92 Å². The Labute approximate surface area is 150 Å². The lowest BCUT2D eigenvalue weighted by Crippen LogP contribution is -2.24. The van der Waals surface area contributed by atoms with Gasteiger partial charge in [0.15, 0.2) is 5.82 Å². The molecular weight excluding hydrogens is 338 g/mol. The maximum absolute atomic E-state index is 12.4. The smallest absolute Gasteiger partial charge is 0.257 e. The van der Waals surface area contributed by atoms with Crippen LogP contribution in [0.25, 0.3) is 11.5 Å². The third-order valence-corrected chi connectivity index (χ3v) is 4.59. The molecule has 5 nitrogen and oxygen atoms in total. The highest BCUT2D eigenvalue weighted by molar-refractivity contribution is 6.30. The molecule has 1 saturated heterocycles. The van der Waals surface area contributed by atoms with E-state index in [4.69, 9.17) is 16.1 Å². The zero-order valence-corrected chi connectivity index (χ0v) is 14.4. The number of anilines is 1. The number of hydrogen-bond acceptors (Lipinski definition) is 4. The van der Waals surface area contributed by atoms with Gasteiger partial charge in [-0.1, -0.05) is 40.5 Å². The topological polar surface area (TPSA) is 59.2 Å². The van der Waals surface area contributed by atoms with E-state index in [0.717, 1.165) is 11.3 Å². The normalized spacial score (nSPS) is 17.3. The zero-order chi connectivity index (χ0) is 17.4. The molecule has 6 heteroatoms. The van der Waals surface area contributed by atoms with Crippen LogP contribution in [0.3, 0.4) is 0 Å². The van der Waals surface area contributed by atoms with Gasteiger partial charge in [0.05, 0.1) is 0 Å². The van der Waals surface area contributed by atoms with E-state index < -0.39 is 0 Å². The molecule has 1 unspecified atom stereocenters. The van der Waals surface area contributed by atoms with Gasteiger partial charge in [-0.2, -0.15) is 4.98 Å². The number of hydrogen-bond donors (Lipinski definition) is 0. The van der Waals surface area contributed by atoms with Gasteiger partial charge >= 0.3 is 0 Å². The number of nitrogens with zero attached hydrogens (tertiary/aromatic N) is 3. The molecule has 1 atom stereocenters. The number of carbonyl (C=O) groups is 1. The first kappa shape index (κ1) is 15.8. The number of carbonyl (C=O) groups excluding carboxylic acids is 1. The van der Waals surface area contributed by atoms with Gasteiger partial charge in [-0.15, -0.1) is 0 Å². The predicted molar refractivity (Wildman–Crippen MR) is 95.6 cm³/mol. The predicted octanol–water partition coefficient (Wildman–Crippen LogP) is 4.22. The van der Waals surface area contributed by atoms with Gasteiger partial charge in [0, 0.05) is 35.2 Å². The Morgan fingerprint density at radius 1 is 1.20 bits per heavy atom. The van der Waals surface area contributed by atoms with E-state index in [1.54, 1.807) is 17.0 Å². The second-order valence-electron chi connectivity index (χ2n) is 6.21. The first-order valence-corrected chi connectivity index (χ1v) is 8.44. The van der Waals surface area contributed by atoms with Crippen LogP contribution in [-0.4, -0.2) is 22.6 Å². The van der Waals surface area contributed by atoms with Crippen molar-refractivity contribution in [3.05, 3.63) is 64.9 Å². The lowest BCUT2D eigenvalue weighted by molar-refractivity contribution is -0.117. The van der Waals surface area contributed by atoms with Gasteiger partial charge in [0.2, 0.25) is 5.91 Å². The van der Waals surface area contributed by atoms with Crippen LogP contribution in [0.1, 0.15) is 23.7 Å². The summed E-state index contributed by atoms with van der Waals surface area (Å²) in [6, 6.07) is 15.2. The zero-order valence-electron chi connectivity index (χ0n) is 13.6. The Balaban J connectivity index is 1.55. The summed E-state index contributed by atoms with van der Waals surface area (Å²) < 4.78 is 5.39. The molecule has 2 heterocycles. The van der Waals surface area contributed by atoms with Gasteiger partial charge < -0.3 is 9.42 Å². The summed E-state index contributed by atoms with van der Waals surface area (Å²) in [7, 11) is 0. The summed E-state index contributed by atoms with van der Waals surface area (Å²) in [6.07, 6.45) is 0.361. The molecule has 3 aromatic rings. The summed E-state index contributed by atoms with van der Waals surface area (Å²) in [6.45, 7) is 2.55. The molecule has 0 spiro atoms. The maximum Gasteiger partial charge on any atom is 0.257 e. The highest BCUT2D eigenvalue weighted by Crippen LogP contribution is 2.32. The average molecular weight is 354 g/mol.